The Labute approximate surface area is 257 Å². The molecular formula is C35H71ClN2O2. The summed E-state index contributed by atoms with van der Waals surface area (Å²) in [5, 5.41) is 0. The zero-order valence-electron chi connectivity index (χ0n) is 27.5. The molecule has 1 fully saturated rings. The Bertz CT molecular complexity index is 521. The lowest BCUT2D eigenvalue weighted by molar-refractivity contribution is -0.936. The Morgan fingerprint density at radius 2 is 1.00 bits per heavy atom. The molecule has 1 aliphatic heterocycles. The number of hydrogen-bond acceptors (Lipinski definition) is 2. The van der Waals surface area contributed by atoms with E-state index in [1.807, 2.05) is 0 Å². The maximum atomic E-state index is 12.6. The van der Waals surface area contributed by atoms with E-state index in [1.165, 1.54) is 154 Å². The van der Waals surface area contributed by atoms with Crippen molar-refractivity contribution < 1.29 is 26.4 Å². The molecule has 40 heavy (non-hydrogen) atoms. The highest BCUT2D eigenvalue weighted by Gasteiger charge is 2.33. The first-order valence-electron chi connectivity index (χ1n) is 17.9. The average Bonchev–Trinajstić information content (AvgIpc) is 3.34. The number of unbranched alkanes of at least 4 members (excludes halogenated alkanes) is 19. The van der Waals surface area contributed by atoms with E-state index in [-0.39, 0.29) is 12.4 Å². The summed E-state index contributed by atoms with van der Waals surface area (Å²) in [6.07, 6.45) is 32.0. The molecule has 4 nitrogen and oxygen atoms in total. The molecule has 5 heteroatoms. The molecule has 0 spiro atoms. The summed E-state index contributed by atoms with van der Waals surface area (Å²) < 4.78 is 6.81. The van der Waals surface area contributed by atoms with E-state index in [2.05, 4.69) is 25.7 Å². The molecule has 0 radical (unpaired) electrons. The Kier molecular flexibility index (Phi) is 28.6. The van der Waals surface area contributed by atoms with Crippen molar-refractivity contribution in [3.63, 3.8) is 0 Å². The normalized spacial score (nSPS) is 13.8. The minimum atomic E-state index is 0. The third-order valence-electron chi connectivity index (χ3n) is 8.99. The van der Waals surface area contributed by atoms with Crippen LogP contribution in [0, 0.1) is 0 Å². The van der Waals surface area contributed by atoms with Crippen LogP contribution < -0.4 is 12.4 Å². The number of amides is 1. The monoisotopic (exact) mass is 587 g/mol. The van der Waals surface area contributed by atoms with Crippen LogP contribution in [0.15, 0.2) is 0 Å². The van der Waals surface area contributed by atoms with E-state index >= 15 is 0 Å². The fraction of sp³-hybridized carbons (Fsp3) is 0.971. The van der Waals surface area contributed by atoms with Gasteiger partial charge in [0, 0.05) is 26.2 Å². The van der Waals surface area contributed by atoms with Crippen LogP contribution in [0.3, 0.4) is 0 Å². The summed E-state index contributed by atoms with van der Waals surface area (Å²) in [7, 11) is 0. The van der Waals surface area contributed by atoms with E-state index in [9.17, 15) is 4.79 Å². The molecule has 0 aromatic carbocycles. The van der Waals surface area contributed by atoms with E-state index in [0.29, 0.717) is 5.91 Å². The SMILES string of the molecule is CCCCCCCCCCCC[N+](CCCCCCCCCCCC)(CCCCOCC)CN1CCCC1=O.[Cl-]. The summed E-state index contributed by atoms with van der Waals surface area (Å²) in [6.45, 7) is 14.1. The van der Waals surface area contributed by atoms with Gasteiger partial charge in [-0.1, -0.05) is 117 Å². The van der Waals surface area contributed by atoms with Crippen LogP contribution >= 0.6 is 0 Å². The van der Waals surface area contributed by atoms with Crippen LogP contribution in [-0.4, -0.2) is 61.4 Å². The van der Waals surface area contributed by atoms with Gasteiger partial charge in [-0.2, -0.15) is 0 Å². The maximum Gasteiger partial charge on any atom is 0.226 e. The van der Waals surface area contributed by atoms with Gasteiger partial charge < -0.3 is 21.6 Å². The van der Waals surface area contributed by atoms with Crippen molar-refractivity contribution in [2.75, 3.05) is 46.1 Å². The third kappa shape index (κ3) is 21.4. The quantitative estimate of drug-likeness (QED) is 0.0667. The average molecular weight is 587 g/mol. The van der Waals surface area contributed by atoms with E-state index in [4.69, 9.17) is 4.74 Å². The van der Waals surface area contributed by atoms with Crippen molar-refractivity contribution in [2.45, 2.75) is 175 Å². The number of hydrogen-bond donors (Lipinski definition) is 0. The van der Waals surface area contributed by atoms with Crippen molar-refractivity contribution in [2.24, 2.45) is 0 Å². The Balaban J connectivity index is 0.0000152. The van der Waals surface area contributed by atoms with E-state index < -0.39 is 0 Å². The van der Waals surface area contributed by atoms with Gasteiger partial charge in [-0.3, -0.25) is 9.69 Å². The predicted octanol–water partition coefficient (Wildman–Crippen LogP) is 7.05. The summed E-state index contributed by atoms with van der Waals surface area (Å²) in [6, 6.07) is 0. The van der Waals surface area contributed by atoms with E-state index in [0.717, 1.165) is 50.2 Å². The Morgan fingerprint density at radius 3 is 1.38 bits per heavy atom. The lowest BCUT2D eigenvalue weighted by atomic mass is 10.0. The van der Waals surface area contributed by atoms with Gasteiger partial charge in [0.2, 0.25) is 5.91 Å². The summed E-state index contributed by atoms with van der Waals surface area (Å²) in [4.78, 5) is 14.9. The molecule has 0 atom stereocenters. The zero-order valence-corrected chi connectivity index (χ0v) is 28.3. The van der Waals surface area contributed by atoms with Gasteiger partial charge >= 0.3 is 0 Å². The molecule has 1 aliphatic rings. The molecular weight excluding hydrogens is 516 g/mol. The lowest BCUT2D eigenvalue weighted by Gasteiger charge is -2.41. The molecule has 1 amide bonds. The van der Waals surface area contributed by atoms with Crippen molar-refractivity contribution in [1.29, 1.82) is 0 Å². The first-order chi connectivity index (χ1) is 19.2. The van der Waals surface area contributed by atoms with Gasteiger partial charge in [0.15, 0.2) is 6.67 Å². The van der Waals surface area contributed by atoms with Crippen LogP contribution in [0.1, 0.15) is 175 Å². The summed E-state index contributed by atoms with van der Waals surface area (Å²) >= 11 is 0. The van der Waals surface area contributed by atoms with Crippen LogP contribution in [0.25, 0.3) is 0 Å². The molecule has 1 saturated heterocycles. The van der Waals surface area contributed by atoms with Crippen LogP contribution in [0.5, 0.6) is 0 Å². The highest BCUT2D eigenvalue weighted by Crippen LogP contribution is 2.22. The van der Waals surface area contributed by atoms with Gasteiger partial charge in [0.25, 0.3) is 0 Å². The number of nitrogens with zero attached hydrogens (tertiary/aromatic N) is 2. The number of ether oxygens (including phenoxy) is 1. The second-order valence-electron chi connectivity index (χ2n) is 12.7. The topological polar surface area (TPSA) is 29.5 Å². The molecule has 0 aromatic rings. The van der Waals surface area contributed by atoms with Crippen molar-refractivity contribution >= 4 is 5.91 Å². The van der Waals surface area contributed by atoms with Crippen molar-refractivity contribution in [3.8, 4) is 0 Å². The van der Waals surface area contributed by atoms with Gasteiger partial charge in [0.05, 0.1) is 19.6 Å². The van der Waals surface area contributed by atoms with Crippen molar-refractivity contribution in [1.82, 2.24) is 4.90 Å². The third-order valence-corrected chi connectivity index (χ3v) is 8.99. The first-order valence-corrected chi connectivity index (χ1v) is 17.9. The second-order valence-corrected chi connectivity index (χ2v) is 12.7. The van der Waals surface area contributed by atoms with Crippen molar-refractivity contribution in [3.05, 3.63) is 0 Å². The number of rotatable bonds is 30. The van der Waals surface area contributed by atoms with Gasteiger partial charge in [-0.15, -0.1) is 0 Å². The molecule has 0 bridgehead atoms. The molecule has 1 rings (SSSR count). The smallest absolute Gasteiger partial charge is 0.226 e. The van der Waals surface area contributed by atoms with Gasteiger partial charge in [0.1, 0.15) is 0 Å². The van der Waals surface area contributed by atoms with Crippen LogP contribution in [-0.2, 0) is 9.53 Å². The number of halogens is 1. The minimum Gasteiger partial charge on any atom is -1.00 e. The van der Waals surface area contributed by atoms with Gasteiger partial charge in [-0.05, 0) is 51.9 Å². The lowest BCUT2D eigenvalue weighted by Crippen LogP contribution is -3.00. The summed E-state index contributed by atoms with van der Waals surface area (Å²) in [5.74, 6) is 0.401. The second kappa shape index (κ2) is 28.8. The molecule has 0 N–H and O–H groups in total. The Morgan fingerprint density at radius 1 is 0.600 bits per heavy atom. The predicted molar refractivity (Wildman–Crippen MR) is 170 cm³/mol. The fourth-order valence-electron chi connectivity index (χ4n) is 6.43. The number of quaternary nitrogens is 1. The molecule has 1 heterocycles. The zero-order chi connectivity index (χ0) is 28.3. The minimum absolute atomic E-state index is 0. The highest BCUT2D eigenvalue weighted by atomic mass is 35.5. The number of carbonyl (C=O) groups is 1. The molecule has 0 aliphatic carbocycles. The largest absolute Gasteiger partial charge is 1.00 e. The van der Waals surface area contributed by atoms with E-state index in [1.54, 1.807) is 0 Å². The fourth-order valence-corrected chi connectivity index (χ4v) is 6.43. The standard InChI is InChI=1S/C35H71N2O2.ClH/c1-4-7-9-11-13-15-17-19-21-23-30-37(32-25-26-33-39-6-3,34-36-29-27-28-35(36)38)31-24-22-20-18-16-14-12-10-8-5-2;/h4-34H2,1-3H3;1H/q+1;/p-1. The Hall–Kier alpha value is -0.320. The van der Waals surface area contributed by atoms with Crippen LogP contribution in [0.2, 0.25) is 0 Å². The summed E-state index contributed by atoms with van der Waals surface area (Å²) in [5.41, 5.74) is 0. The molecule has 0 aromatic heterocycles. The first kappa shape index (κ1) is 39.7. The maximum absolute atomic E-state index is 12.6. The number of likely N-dealkylation sites (tertiary alicyclic amines) is 1. The molecule has 240 valence electrons. The van der Waals surface area contributed by atoms with Crippen LogP contribution in [0.4, 0.5) is 0 Å². The number of carbonyl (C=O) groups excluding carboxylic acids is 1. The van der Waals surface area contributed by atoms with Gasteiger partial charge in [-0.25, -0.2) is 0 Å². The molecule has 0 saturated carbocycles. The molecule has 0 unspecified atom stereocenters. The highest BCUT2D eigenvalue weighted by molar-refractivity contribution is 5.77.